The summed E-state index contributed by atoms with van der Waals surface area (Å²) in [7, 11) is 0. The Labute approximate surface area is 160 Å². The van der Waals surface area contributed by atoms with Crippen LogP contribution in [-0.4, -0.2) is 34.2 Å². The number of fused-ring (bicyclic) bond motifs is 3. The lowest BCUT2D eigenvalue weighted by molar-refractivity contribution is -0.144. The van der Waals surface area contributed by atoms with Gasteiger partial charge in [-0.05, 0) is 36.5 Å². The van der Waals surface area contributed by atoms with Crippen molar-refractivity contribution in [3.8, 4) is 0 Å². The number of carbonyl (C=O) groups is 1. The van der Waals surface area contributed by atoms with Crippen LogP contribution in [0.1, 0.15) is 43.2 Å². The third kappa shape index (κ3) is 2.36. The highest BCUT2D eigenvalue weighted by Gasteiger charge is 2.68. The SMILES string of the molecule is O=C1N(C2CCCCC2)C[C@]2(Cc3ccccc3)c3ccccc3N[C@@]12O. The number of rotatable bonds is 3. The number of carbonyl (C=O) groups excluding carboxylic acids is 1. The van der Waals surface area contributed by atoms with Crippen LogP contribution in [0.25, 0.3) is 0 Å². The zero-order valence-corrected chi connectivity index (χ0v) is 15.5. The van der Waals surface area contributed by atoms with Gasteiger partial charge in [0.25, 0.3) is 5.91 Å². The minimum Gasteiger partial charge on any atom is -0.362 e. The van der Waals surface area contributed by atoms with Gasteiger partial charge in [0.1, 0.15) is 0 Å². The number of benzene rings is 2. The molecule has 1 aliphatic carbocycles. The van der Waals surface area contributed by atoms with Crippen molar-refractivity contribution in [3.63, 3.8) is 0 Å². The van der Waals surface area contributed by atoms with Crippen LogP contribution in [0.15, 0.2) is 54.6 Å². The fourth-order valence-electron chi connectivity index (χ4n) is 5.46. The summed E-state index contributed by atoms with van der Waals surface area (Å²) in [5.74, 6) is -0.151. The fourth-order valence-corrected chi connectivity index (χ4v) is 5.46. The molecule has 2 N–H and O–H groups in total. The zero-order chi connectivity index (χ0) is 18.5. The van der Waals surface area contributed by atoms with Gasteiger partial charge in [-0.1, -0.05) is 67.8 Å². The molecule has 2 atom stereocenters. The summed E-state index contributed by atoms with van der Waals surface area (Å²) in [6.45, 7) is 0.575. The summed E-state index contributed by atoms with van der Waals surface area (Å²) in [6, 6.07) is 18.5. The molecule has 0 unspecified atom stereocenters. The van der Waals surface area contributed by atoms with Crippen LogP contribution < -0.4 is 5.32 Å². The van der Waals surface area contributed by atoms with Gasteiger partial charge < -0.3 is 15.3 Å². The molecule has 3 aliphatic rings. The monoisotopic (exact) mass is 362 g/mol. The first-order valence-electron chi connectivity index (χ1n) is 10.1. The lowest BCUT2D eigenvalue weighted by Crippen LogP contribution is -2.55. The van der Waals surface area contributed by atoms with E-state index in [4.69, 9.17) is 0 Å². The lowest BCUT2D eigenvalue weighted by atomic mass is 9.72. The van der Waals surface area contributed by atoms with E-state index >= 15 is 0 Å². The molecule has 1 saturated heterocycles. The first-order valence-corrected chi connectivity index (χ1v) is 10.1. The molecule has 0 spiro atoms. The number of anilines is 1. The summed E-state index contributed by atoms with van der Waals surface area (Å²) in [5.41, 5.74) is 0.868. The van der Waals surface area contributed by atoms with Gasteiger partial charge in [0, 0.05) is 18.3 Å². The Balaban J connectivity index is 1.61. The topological polar surface area (TPSA) is 52.6 Å². The quantitative estimate of drug-likeness (QED) is 0.879. The highest BCUT2D eigenvalue weighted by Crippen LogP contribution is 2.54. The number of hydrogen-bond acceptors (Lipinski definition) is 3. The molecule has 4 nitrogen and oxygen atoms in total. The van der Waals surface area contributed by atoms with Crippen molar-refractivity contribution in [3.05, 3.63) is 65.7 Å². The number of likely N-dealkylation sites (tertiary alicyclic amines) is 1. The third-order valence-corrected chi connectivity index (χ3v) is 6.83. The summed E-state index contributed by atoms with van der Waals surface area (Å²) in [5, 5.41) is 14.9. The highest BCUT2D eigenvalue weighted by atomic mass is 16.3. The molecule has 2 aromatic rings. The van der Waals surface area contributed by atoms with Crippen molar-refractivity contribution >= 4 is 11.6 Å². The molecule has 140 valence electrons. The van der Waals surface area contributed by atoms with Gasteiger partial charge in [-0.2, -0.15) is 0 Å². The molecule has 1 saturated carbocycles. The molecule has 2 fully saturated rings. The molecule has 2 aliphatic heterocycles. The van der Waals surface area contributed by atoms with E-state index in [-0.39, 0.29) is 11.9 Å². The molecule has 27 heavy (non-hydrogen) atoms. The Kier molecular flexibility index (Phi) is 3.80. The first kappa shape index (κ1) is 16.8. The molecule has 1 amide bonds. The fraction of sp³-hybridized carbons (Fsp3) is 0.435. The van der Waals surface area contributed by atoms with Crippen LogP contribution in [0.4, 0.5) is 5.69 Å². The Bertz CT molecular complexity index is 862. The van der Waals surface area contributed by atoms with E-state index in [0.717, 1.165) is 29.7 Å². The minimum atomic E-state index is -1.57. The molecule has 2 aromatic carbocycles. The van der Waals surface area contributed by atoms with Crippen molar-refractivity contribution < 1.29 is 9.90 Å². The predicted molar refractivity (Wildman–Crippen MR) is 105 cm³/mol. The van der Waals surface area contributed by atoms with Crippen molar-refractivity contribution in [1.82, 2.24) is 4.90 Å². The van der Waals surface area contributed by atoms with E-state index in [1.54, 1.807) is 0 Å². The smallest absolute Gasteiger partial charge is 0.277 e. The molecule has 0 bridgehead atoms. The Morgan fingerprint density at radius 1 is 1.00 bits per heavy atom. The standard InChI is InChI=1S/C23H26N2O2/c26-21-23(27)22(15-17-9-3-1-4-10-17,19-13-7-8-14-20(19)24-23)16-25(21)18-11-5-2-6-12-18/h1,3-4,7-10,13-14,18,24,27H,2,5-6,11-12,15-16H2/t22-,23-/m1/s1. The van der Waals surface area contributed by atoms with E-state index < -0.39 is 11.1 Å². The van der Waals surface area contributed by atoms with E-state index in [2.05, 4.69) is 23.5 Å². The third-order valence-electron chi connectivity index (χ3n) is 6.83. The zero-order valence-electron chi connectivity index (χ0n) is 15.5. The summed E-state index contributed by atoms with van der Waals surface area (Å²) >= 11 is 0. The molecule has 2 heterocycles. The van der Waals surface area contributed by atoms with E-state index in [1.165, 1.54) is 19.3 Å². The number of amides is 1. The second kappa shape index (κ2) is 6.10. The summed E-state index contributed by atoms with van der Waals surface area (Å²) < 4.78 is 0. The van der Waals surface area contributed by atoms with Gasteiger partial charge in [-0.25, -0.2) is 0 Å². The van der Waals surface area contributed by atoms with Crippen LogP contribution in [0.2, 0.25) is 0 Å². The summed E-state index contributed by atoms with van der Waals surface area (Å²) in [6.07, 6.45) is 6.32. The average molecular weight is 362 g/mol. The maximum absolute atomic E-state index is 13.5. The van der Waals surface area contributed by atoms with Crippen molar-refractivity contribution in [2.45, 2.75) is 55.7 Å². The molecule has 0 aromatic heterocycles. The molecular weight excluding hydrogens is 336 g/mol. The second-order valence-corrected chi connectivity index (χ2v) is 8.35. The number of para-hydroxylation sites is 1. The van der Waals surface area contributed by atoms with E-state index in [1.807, 2.05) is 41.3 Å². The highest BCUT2D eigenvalue weighted by molar-refractivity contribution is 5.96. The second-order valence-electron chi connectivity index (χ2n) is 8.35. The van der Waals surface area contributed by atoms with Crippen molar-refractivity contribution in [2.75, 3.05) is 11.9 Å². The molecule has 5 rings (SSSR count). The minimum absolute atomic E-state index is 0.151. The molecule has 0 radical (unpaired) electrons. The van der Waals surface area contributed by atoms with Crippen LogP contribution in [0.5, 0.6) is 0 Å². The normalized spacial score (nSPS) is 30.1. The average Bonchev–Trinajstić information content (AvgIpc) is 3.08. The maximum atomic E-state index is 13.5. The Hall–Kier alpha value is -2.33. The predicted octanol–water partition coefficient (Wildman–Crippen LogP) is 3.46. The van der Waals surface area contributed by atoms with E-state index in [0.29, 0.717) is 13.0 Å². The van der Waals surface area contributed by atoms with Gasteiger partial charge in [0.15, 0.2) is 0 Å². The van der Waals surface area contributed by atoms with Crippen LogP contribution in [0.3, 0.4) is 0 Å². The van der Waals surface area contributed by atoms with Crippen LogP contribution in [-0.2, 0) is 16.6 Å². The van der Waals surface area contributed by atoms with Gasteiger partial charge in [-0.15, -0.1) is 0 Å². The number of aliphatic hydroxyl groups is 1. The molecular formula is C23H26N2O2. The van der Waals surface area contributed by atoms with Gasteiger partial charge in [0.2, 0.25) is 5.72 Å². The maximum Gasteiger partial charge on any atom is 0.277 e. The van der Waals surface area contributed by atoms with Crippen molar-refractivity contribution in [2.24, 2.45) is 0 Å². The number of nitrogens with one attached hydrogen (secondary N) is 1. The van der Waals surface area contributed by atoms with Crippen LogP contribution >= 0.6 is 0 Å². The number of hydrogen-bond donors (Lipinski definition) is 2. The van der Waals surface area contributed by atoms with Crippen molar-refractivity contribution in [1.29, 1.82) is 0 Å². The molecule has 4 heteroatoms. The van der Waals surface area contributed by atoms with Gasteiger partial charge in [0.05, 0.1) is 5.41 Å². The number of nitrogens with zero attached hydrogens (tertiary/aromatic N) is 1. The lowest BCUT2D eigenvalue weighted by Gasteiger charge is -2.34. The summed E-state index contributed by atoms with van der Waals surface area (Å²) in [4.78, 5) is 15.5. The van der Waals surface area contributed by atoms with Crippen LogP contribution in [0, 0.1) is 0 Å². The largest absolute Gasteiger partial charge is 0.362 e. The Morgan fingerprint density at radius 3 is 2.48 bits per heavy atom. The van der Waals surface area contributed by atoms with E-state index in [9.17, 15) is 9.90 Å². The Morgan fingerprint density at radius 2 is 1.70 bits per heavy atom. The van der Waals surface area contributed by atoms with Gasteiger partial charge >= 0.3 is 0 Å². The first-order chi connectivity index (χ1) is 13.1. The van der Waals surface area contributed by atoms with Gasteiger partial charge in [-0.3, -0.25) is 4.79 Å².